The highest BCUT2D eigenvalue weighted by Gasteiger charge is 2.23. The first kappa shape index (κ1) is 14.0. The Labute approximate surface area is 123 Å². The van der Waals surface area contributed by atoms with E-state index in [4.69, 9.17) is 4.74 Å². The van der Waals surface area contributed by atoms with Crippen LogP contribution in [0.15, 0.2) is 24.3 Å². The van der Waals surface area contributed by atoms with Gasteiger partial charge in [-0.3, -0.25) is 9.48 Å². The third-order valence-electron chi connectivity index (χ3n) is 3.79. The fraction of sp³-hybridized carbons (Fsp3) is 0.467. The summed E-state index contributed by atoms with van der Waals surface area (Å²) in [6, 6.07) is 7.77. The van der Waals surface area contributed by atoms with E-state index >= 15 is 0 Å². The van der Waals surface area contributed by atoms with Crippen LogP contribution in [0.1, 0.15) is 10.5 Å². The summed E-state index contributed by atoms with van der Waals surface area (Å²) in [4.78, 5) is 14.3. The largest absolute Gasteiger partial charge is 0.374 e. The van der Waals surface area contributed by atoms with Gasteiger partial charge in [-0.2, -0.15) is 5.10 Å². The Balaban J connectivity index is 1.79. The van der Waals surface area contributed by atoms with Crippen LogP contribution < -0.4 is 5.32 Å². The number of morpholine rings is 1. The molecule has 1 saturated heterocycles. The number of fused-ring (bicyclic) bond motifs is 1. The van der Waals surface area contributed by atoms with Crippen LogP contribution in [-0.4, -0.2) is 60.0 Å². The van der Waals surface area contributed by atoms with Gasteiger partial charge in [-0.1, -0.05) is 18.2 Å². The van der Waals surface area contributed by atoms with Gasteiger partial charge >= 0.3 is 0 Å². The molecule has 112 valence electrons. The highest BCUT2D eigenvalue weighted by molar-refractivity contribution is 6.04. The van der Waals surface area contributed by atoms with Gasteiger partial charge in [0.05, 0.1) is 18.2 Å². The Morgan fingerprint density at radius 1 is 1.52 bits per heavy atom. The molecule has 0 aliphatic carbocycles. The van der Waals surface area contributed by atoms with Gasteiger partial charge < -0.3 is 15.0 Å². The molecular formula is C15H20N4O2. The lowest BCUT2D eigenvalue weighted by molar-refractivity contribution is 0.0103. The standard InChI is InChI=1S/C15H20N4O2/c1-18(10-11-9-16-7-8-21-11)15(20)14-12-5-3-4-6-13(12)19(2)17-14/h3-6,11,16H,7-10H2,1-2H3. The molecule has 6 nitrogen and oxygen atoms in total. The van der Waals surface area contributed by atoms with E-state index in [1.165, 1.54) is 0 Å². The lowest BCUT2D eigenvalue weighted by Crippen LogP contribution is -2.45. The molecule has 1 aliphatic heterocycles. The molecule has 1 fully saturated rings. The lowest BCUT2D eigenvalue weighted by atomic mass is 10.2. The maximum Gasteiger partial charge on any atom is 0.274 e. The Kier molecular flexibility index (Phi) is 3.90. The van der Waals surface area contributed by atoms with E-state index < -0.39 is 0 Å². The number of benzene rings is 1. The van der Waals surface area contributed by atoms with Gasteiger partial charge in [0, 0.05) is 39.1 Å². The third kappa shape index (κ3) is 2.77. The zero-order chi connectivity index (χ0) is 14.8. The smallest absolute Gasteiger partial charge is 0.274 e. The van der Waals surface area contributed by atoms with Gasteiger partial charge in [-0.25, -0.2) is 0 Å². The van der Waals surface area contributed by atoms with Crippen molar-refractivity contribution in [3.63, 3.8) is 0 Å². The van der Waals surface area contributed by atoms with Crippen LogP contribution in [0.2, 0.25) is 0 Å². The maximum atomic E-state index is 12.6. The van der Waals surface area contributed by atoms with Crippen molar-refractivity contribution in [1.82, 2.24) is 20.0 Å². The van der Waals surface area contributed by atoms with Crippen molar-refractivity contribution < 1.29 is 9.53 Å². The number of hydrogen-bond donors (Lipinski definition) is 1. The third-order valence-corrected chi connectivity index (χ3v) is 3.79. The number of carbonyl (C=O) groups excluding carboxylic acids is 1. The van der Waals surface area contributed by atoms with E-state index in [2.05, 4.69) is 10.4 Å². The van der Waals surface area contributed by atoms with Crippen molar-refractivity contribution in [2.75, 3.05) is 33.3 Å². The minimum absolute atomic E-state index is 0.0441. The van der Waals surface area contributed by atoms with Gasteiger partial charge in [0.15, 0.2) is 5.69 Å². The Bertz CT molecular complexity index is 646. The van der Waals surface area contributed by atoms with Crippen LogP contribution in [0.4, 0.5) is 0 Å². The molecule has 0 bridgehead atoms. The van der Waals surface area contributed by atoms with E-state index in [1.807, 2.05) is 31.3 Å². The molecule has 1 atom stereocenters. The average Bonchev–Trinajstić information content (AvgIpc) is 2.85. The van der Waals surface area contributed by atoms with Crippen molar-refractivity contribution in [1.29, 1.82) is 0 Å². The number of aryl methyl sites for hydroxylation is 1. The van der Waals surface area contributed by atoms with Crippen molar-refractivity contribution in [2.45, 2.75) is 6.10 Å². The zero-order valence-corrected chi connectivity index (χ0v) is 12.4. The average molecular weight is 288 g/mol. The molecule has 0 saturated carbocycles. The first-order chi connectivity index (χ1) is 10.2. The lowest BCUT2D eigenvalue weighted by Gasteiger charge is -2.27. The fourth-order valence-electron chi connectivity index (χ4n) is 2.68. The van der Waals surface area contributed by atoms with Crippen LogP contribution in [-0.2, 0) is 11.8 Å². The molecule has 3 rings (SSSR count). The summed E-state index contributed by atoms with van der Waals surface area (Å²) in [7, 11) is 3.65. The summed E-state index contributed by atoms with van der Waals surface area (Å²) in [5, 5.41) is 8.53. The molecule has 0 radical (unpaired) electrons. The molecule has 1 aromatic carbocycles. The Hall–Kier alpha value is -1.92. The second kappa shape index (κ2) is 5.83. The number of nitrogens with one attached hydrogen (secondary N) is 1. The van der Waals surface area contributed by atoms with Crippen molar-refractivity contribution >= 4 is 16.8 Å². The fourth-order valence-corrected chi connectivity index (χ4v) is 2.68. The van der Waals surface area contributed by atoms with Crippen LogP contribution in [0.5, 0.6) is 0 Å². The number of hydrogen-bond acceptors (Lipinski definition) is 4. The predicted octanol–water partition coefficient (Wildman–Crippen LogP) is 0.634. The Morgan fingerprint density at radius 3 is 3.10 bits per heavy atom. The highest BCUT2D eigenvalue weighted by atomic mass is 16.5. The van der Waals surface area contributed by atoms with Crippen LogP contribution in [0, 0.1) is 0 Å². The SMILES string of the molecule is CN(CC1CNCCO1)C(=O)c1nn(C)c2ccccc12. The normalized spacial score (nSPS) is 18.9. The van der Waals surface area contributed by atoms with Crippen LogP contribution in [0.3, 0.4) is 0 Å². The number of carbonyl (C=O) groups is 1. The second-order valence-corrected chi connectivity index (χ2v) is 5.37. The molecule has 2 heterocycles. The topological polar surface area (TPSA) is 59.4 Å². The molecule has 0 spiro atoms. The molecule has 21 heavy (non-hydrogen) atoms. The summed E-state index contributed by atoms with van der Waals surface area (Å²) in [6.07, 6.45) is 0.0441. The number of aromatic nitrogens is 2. The second-order valence-electron chi connectivity index (χ2n) is 5.37. The summed E-state index contributed by atoms with van der Waals surface area (Å²) in [5.74, 6) is -0.0685. The number of ether oxygens (including phenoxy) is 1. The summed E-state index contributed by atoms with van der Waals surface area (Å²) < 4.78 is 7.39. The Morgan fingerprint density at radius 2 is 2.33 bits per heavy atom. The van der Waals surface area contributed by atoms with Crippen LogP contribution in [0.25, 0.3) is 10.9 Å². The quantitative estimate of drug-likeness (QED) is 0.900. The minimum Gasteiger partial charge on any atom is -0.374 e. The molecule has 1 unspecified atom stereocenters. The minimum atomic E-state index is -0.0685. The molecule has 6 heteroatoms. The molecule has 2 aromatic rings. The van der Waals surface area contributed by atoms with Gasteiger partial charge in [-0.05, 0) is 6.07 Å². The van der Waals surface area contributed by atoms with E-state index in [0.717, 1.165) is 24.0 Å². The van der Waals surface area contributed by atoms with Crippen LogP contribution >= 0.6 is 0 Å². The monoisotopic (exact) mass is 288 g/mol. The predicted molar refractivity (Wildman–Crippen MR) is 80.3 cm³/mol. The van der Waals surface area contributed by atoms with E-state index in [0.29, 0.717) is 18.8 Å². The number of amides is 1. The highest BCUT2D eigenvalue weighted by Crippen LogP contribution is 2.18. The van der Waals surface area contributed by atoms with Gasteiger partial charge in [0.1, 0.15) is 0 Å². The number of likely N-dealkylation sites (N-methyl/N-ethyl adjacent to an activating group) is 1. The van der Waals surface area contributed by atoms with E-state index in [1.54, 1.807) is 16.6 Å². The molecule has 1 amide bonds. The zero-order valence-electron chi connectivity index (χ0n) is 12.4. The van der Waals surface area contributed by atoms with Crippen molar-refractivity contribution in [2.24, 2.45) is 7.05 Å². The summed E-state index contributed by atoms with van der Waals surface area (Å²) in [6.45, 7) is 2.91. The summed E-state index contributed by atoms with van der Waals surface area (Å²) in [5.41, 5.74) is 1.46. The first-order valence-electron chi connectivity index (χ1n) is 7.16. The maximum absolute atomic E-state index is 12.6. The number of nitrogens with zero attached hydrogens (tertiary/aromatic N) is 3. The van der Waals surface area contributed by atoms with Gasteiger partial charge in [-0.15, -0.1) is 0 Å². The molecule has 1 aromatic heterocycles. The molecule has 1 aliphatic rings. The van der Waals surface area contributed by atoms with Crippen molar-refractivity contribution in [3.05, 3.63) is 30.0 Å². The van der Waals surface area contributed by atoms with E-state index in [9.17, 15) is 4.79 Å². The van der Waals surface area contributed by atoms with Crippen molar-refractivity contribution in [3.8, 4) is 0 Å². The molecule has 1 N–H and O–H groups in total. The number of rotatable bonds is 3. The van der Waals surface area contributed by atoms with E-state index in [-0.39, 0.29) is 12.0 Å². The first-order valence-corrected chi connectivity index (χ1v) is 7.16. The summed E-state index contributed by atoms with van der Waals surface area (Å²) >= 11 is 0. The molecular weight excluding hydrogens is 268 g/mol. The van der Waals surface area contributed by atoms with Gasteiger partial charge in [0.25, 0.3) is 5.91 Å². The number of para-hydroxylation sites is 1. The van der Waals surface area contributed by atoms with Gasteiger partial charge in [0.2, 0.25) is 0 Å².